The molecule has 0 spiro atoms. The first-order chi connectivity index (χ1) is 8.94. The molecule has 0 radical (unpaired) electrons. The number of nitro benzene ring substituents is 1. The number of rotatable bonds is 3. The number of hydrogen-bond donors (Lipinski definition) is 1. The normalized spacial score (nSPS) is 20.1. The maximum Gasteiger partial charge on any atom is 0.289 e. The second-order valence-electron chi connectivity index (χ2n) is 4.39. The monoisotopic (exact) mass is 321 g/mol. The standard InChI is InChI=1S/C11H15N3O4S.ClH/c1-9-8-12-6-7-13(9)19(17,18)11-5-3-2-4-10(11)14(15)16;/h2-5,9,12H,6-8H2,1H3;1H. The van der Waals surface area contributed by atoms with Gasteiger partial charge in [0.1, 0.15) is 0 Å². The number of nitrogens with one attached hydrogen (secondary N) is 1. The lowest BCUT2D eigenvalue weighted by atomic mass is 10.3. The van der Waals surface area contributed by atoms with E-state index >= 15 is 0 Å². The van der Waals surface area contributed by atoms with Gasteiger partial charge >= 0.3 is 0 Å². The number of sulfonamides is 1. The maximum absolute atomic E-state index is 12.5. The van der Waals surface area contributed by atoms with Crippen molar-refractivity contribution >= 4 is 28.1 Å². The highest BCUT2D eigenvalue weighted by Gasteiger charge is 2.35. The van der Waals surface area contributed by atoms with Gasteiger partial charge in [-0.25, -0.2) is 8.42 Å². The van der Waals surface area contributed by atoms with Crippen molar-refractivity contribution in [1.29, 1.82) is 0 Å². The topological polar surface area (TPSA) is 92.6 Å². The smallest absolute Gasteiger partial charge is 0.289 e. The zero-order valence-corrected chi connectivity index (χ0v) is 12.5. The van der Waals surface area contributed by atoms with Gasteiger partial charge in [0.2, 0.25) is 10.0 Å². The molecule has 7 nitrogen and oxygen atoms in total. The van der Waals surface area contributed by atoms with Crippen LogP contribution in [0, 0.1) is 10.1 Å². The summed E-state index contributed by atoms with van der Waals surface area (Å²) in [6.45, 7) is 3.18. The van der Waals surface area contributed by atoms with Crippen LogP contribution in [0.25, 0.3) is 0 Å². The first-order valence-corrected chi connectivity index (χ1v) is 7.34. The van der Waals surface area contributed by atoms with Crippen molar-refractivity contribution in [1.82, 2.24) is 9.62 Å². The fraction of sp³-hybridized carbons (Fsp3) is 0.455. The Kier molecular flexibility index (Phi) is 5.46. The lowest BCUT2D eigenvalue weighted by molar-refractivity contribution is -0.387. The molecule has 1 N–H and O–H groups in total. The van der Waals surface area contributed by atoms with Gasteiger partial charge in [-0.15, -0.1) is 12.4 Å². The van der Waals surface area contributed by atoms with Crippen molar-refractivity contribution in [2.24, 2.45) is 0 Å². The minimum absolute atomic E-state index is 0. The van der Waals surface area contributed by atoms with Crippen LogP contribution in [-0.4, -0.2) is 43.3 Å². The Balaban J connectivity index is 0.00000200. The van der Waals surface area contributed by atoms with E-state index in [2.05, 4.69) is 5.32 Å². The SMILES string of the molecule is CC1CNCCN1S(=O)(=O)c1ccccc1[N+](=O)[O-].Cl. The van der Waals surface area contributed by atoms with Crippen LogP contribution in [0.4, 0.5) is 5.69 Å². The average molecular weight is 322 g/mol. The van der Waals surface area contributed by atoms with E-state index in [1.165, 1.54) is 28.6 Å². The quantitative estimate of drug-likeness (QED) is 0.662. The third kappa shape index (κ3) is 3.09. The van der Waals surface area contributed by atoms with E-state index in [0.29, 0.717) is 19.6 Å². The molecule has 20 heavy (non-hydrogen) atoms. The Morgan fingerprint density at radius 3 is 2.65 bits per heavy atom. The third-order valence-electron chi connectivity index (χ3n) is 3.09. The van der Waals surface area contributed by atoms with E-state index in [1.807, 2.05) is 0 Å². The highest BCUT2D eigenvalue weighted by Crippen LogP contribution is 2.27. The Labute approximate surface area is 123 Å². The molecule has 0 aliphatic carbocycles. The summed E-state index contributed by atoms with van der Waals surface area (Å²) in [6.07, 6.45) is 0. The Bertz CT molecular complexity index is 593. The molecule has 1 atom stereocenters. The molecule has 0 aromatic heterocycles. The van der Waals surface area contributed by atoms with Crippen LogP contribution in [0.5, 0.6) is 0 Å². The van der Waals surface area contributed by atoms with Crippen LogP contribution in [0.1, 0.15) is 6.92 Å². The van der Waals surface area contributed by atoms with Gasteiger partial charge in [0.15, 0.2) is 4.90 Å². The lowest BCUT2D eigenvalue weighted by Crippen LogP contribution is -2.52. The third-order valence-corrected chi connectivity index (χ3v) is 5.15. The van der Waals surface area contributed by atoms with Crippen molar-refractivity contribution in [3.8, 4) is 0 Å². The summed E-state index contributed by atoms with van der Waals surface area (Å²) in [4.78, 5) is 10.0. The van der Waals surface area contributed by atoms with Crippen LogP contribution in [0.15, 0.2) is 29.2 Å². The van der Waals surface area contributed by atoms with Gasteiger partial charge in [0.25, 0.3) is 5.69 Å². The second-order valence-corrected chi connectivity index (χ2v) is 6.25. The number of piperazine rings is 1. The second kappa shape index (κ2) is 6.49. The van der Waals surface area contributed by atoms with E-state index in [1.54, 1.807) is 6.92 Å². The van der Waals surface area contributed by atoms with Gasteiger partial charge < -0.3 is 5.32 Å². The minimum atomic E-state index is -3.84. The molecule has 1 aromatic rings. The number of nitrogens with zero attached hydrogens (tertiary/aromatic N) is 2. The summed E-state index contributed by atoms with van der Waals surface area (Å²) in [5.41, 5.74) is -0.381. The molecule has 0 amide bonds. The molecule has 0 bridgehead atoms. The molecule has 1 aliphatic heterocycles. The molecule has 1 aliphatic rings. The first kappa shape index (κ1) is 16.8. The van der Waals surface area contributed by atoms with Crippen LogP contribution in [0.2, 0.25) is 0 Å². The molecule has 1 aromatic carbocycles. The van der Waals surface area contributed by atoms with Gasteiger partial charge in [-0.3, -0.25) is 10.1 Å². The van der Waals surface area contributed by atoms with Crippen molar-refractivity contribution in [2.45, 2.75) is 17.9 Å². The summed E-state index contributed by atoms with van der Waals surface area (Å²) in [6, 6.07) is 5.21. The van der Waals surface area contributed by atoms with Gasteiger partial charge in [-0.05, 0) is 13.0 Å². The number of hydrogen-bond acceptors (Lipinski definition) is 5. The Hall–Kier alpha value is -1.22. The fourth-order valence-corrected chi connectivity index (χ4v) is 3.92. The van der Waals surface area contributed by atoms with Crippen LogP contribution < -0.4 is 5.32 Å². The molecule has 1 unspecified atom stereocenters. The zero-order valence-electron chi connectivity index (χ0n) is 10.9. The number of para-hydroxylation sites is 1. The van der Waals surface area contributed by atoms with Crippen molar-refractivity contribution in [3.05, 3.63) is 34.4 Å². The highest BCUT2D eigenvalue weighted by atomic mass is 35.5. The lowest BCUT2D eigenvalue weighted by Gasteiger charge is -2.32. The average Bonchev–Trinajstić information content (AvgIpc) is 2.39. The van der Waals surface area contributed by atoms with Gasteiger partial charge in [-0.1, -0.05) is 12.1 Å². The van der Waals surface area contributed by atoms with Crippen molar-refractivity contribution in [3.63, 3.8) is 0 Å². The molecule has 1 fully saturated rings. The van der Waals surface area contributed by atoms with Crippen molar-refractivity contribution < 1.29 is 13.3 Å². The molecule has 0 saturated carbocycles. The number of halogens is 1. The van der Waals surface area contributed by atoms with E-state index in [0.717, 1.165) is 0 Å². The largest absolute Gasteiger partial charge is 0.314 e. The fourth-order valence-electron chi connectivity index (χ4n) is 2.13. The number of benzene rings is 1. The summed E-state index contributed by atoms with van der Waals surface area (Å²) in [7, 11) is -3.84. The van der Waals surface area contributed by atoms with Gasteiger partial charge in [0.05, 0.1) is 4.92 Å². The summed E-state index contributed by atoms with van der Waals surface area (Å²) in [5.74, 6) is 0. The molecule has 2 rings (SSSR count). The summed E-state index contributed by atoms with van der Waals surface area (Å²) in [5, 5.41) is 14.0. The molecule has 112 valence electrons. The van der Waals surface area contributed by atoms with Crippen LogP contribution in [0.3, 0.4) is 0 Å². The maximum atomic E-state index is 12.5. The van der Waals surface area contributed by atoms with E-state index in [9.17, 15) is 18.5 Å². The Morgan fingerprint density at radius 1 is 1.40 bits per heavy atom. The summed E-state index contributed by atoms with van der Waals surface area (Å²) < 4.78 is 26.3. The van der Waals surface area contributed by atoms with Gasteiger partial charge in [-0.2, -0.15) is 4.31 Å². The molecule has 9 heteroatoms. The predicted molar refractivity (Wildman–Crippen MR) is 76.6 cm³/mol. The molecule has 1 saturated heterocycles. The van der Waals surface area contributed by atoms with E-state index in [-0.39, 0.29) is 29.0 Å². The number of nitro groups is 1. The minimum Gasteiger partial charge on any atom is -0.314 e. The van der Waals surface area contributed by atoms with E-state index in [4.69, 9.17) is 0 Å². The predicted octanol–water partition coefficient (Wildman–Crippen LogP) is 0.999. The first-order valence-electron chi connectivity index (χ1n) is 5.90. The zero-order chi connectivity index (χ0) is 14.0. The Morgan fingerprint density at radius 2 is 2.05 bits per heavy atom. The molecule has 1 heterocycles. The van der Waals surface area contributed by atoms with Crippen molar-refractivity contribution in [2.75, 3.05) is 19.6 Å². The van der Waals surface area contributed by atoms with Gasteiger partial charge in [0, 0.05) is 31.7 Å². The van der Waals surface area contributed by atoms with Crippen LogP contribution >= 0.6 is 12.4 Å². The van der Waals surface area contributed by atoms with Crippen LogP contribution in [-0.2, 0) is 10.0 Å². The summed E-state index contributed by atoms with van der Waals surface area (Å²) >= 11 is 0. The molecular weight excluding hydrogens is 306 g/mol. The van der Waals surface area contributed by atoms with E-state index < -0.39 is 14.9 Å². The highest BCUT2D eigenvalue weighted by molar-refractivity contribution is 7.89. The molecular formula is C11H16ClN3O4S.